The van der Waals surface area contributed by atoms with Gasteiger partial charge in [-0.3, -0.25) is 19.4 Å². The van der Waals surface area contributed by atoms with Crippen LogP contribution < -0.4 is 9.64 Å². The van der Waals surface area contributed by atoms with Crippen molar-refractivity contribution in [1.29, 1.82) is 0 Å². The minimum Gasteiger partial charge on any atom is -0.497 e. The number of ether oxygens (including phenoxy) is 2. The van der Waals surface area contributed by atoms with Crippen LogP contribution in [0.25, 0.3) is 0 Å². The topological polar surface area (TPSA) is 59.1 Å². The molecule has 0 aromatic heterocycles. The zero-order valence-corrected chi connectivity index (χ0v) is 12.5. The van der Waals surface area contributed by atoms with Gasteiger partial charge in [0.25, 0.3) is 0 Å². The van der Waals surface area contributed by atoms with Crippen molar-refractivity contribution in [2.75, 3.05) is 25.8 Å². The SMILES string of the molecule is COc1ccc(N(CN2C(=O)CC[C@H]2OC)C(C)=O)cc1. The summed E-state index contributed by atoms with van der Waals surface area (Å²) >= 11 is 0. The van der Waals surface area contributed by atoms with Crippen molar-refractivity contribution in [2.45, 2.75) is 26.0 Å². The Labute approximate surface area is 124 Å². The lowest BCUT2D eigenvalue weighted by atomic mass is 10.2. The first-order valence-electron chi connectivity index (χ1n) is 6.81. The van der Waals surface area contributed by atoms with E-state index in [1.54, 1.807) is 48.3 Å². The van der Waals surface area contributed by atoms with Crippen LogP contribution in [0.1, 0.15) is 19.8 Å². The summed E-state index contributed by atoms with van der Waals surface area (Å²) in [4.78, 5) is 27.0. The molecule has 0 radical (unpaired) electrons. The fourth-order valence-electron chi connectivity index (χ4n) is 2.40. The Morgan fingerprint density at radius 1 is 1.33 bits per heavy atom. The Hall–Kier alpha value is -2.08. The van der Waals surface area contributed by atoms with E-state index >= 15 is 0 Å². The fourth-order valence-corrected chi connectivity index (χ4v) is 2.40. The van der Waals surface area contributed by atoms with Gasteiger partial charge >= 0.3 is 0 Å². The third-order valence-electron chi connectivity index (χ3n) is 3.60. The average Bonchev–Trinajstić information content (AvgIpc) is 2.85. The van der Waals surface area contributed by atoms with Gasteiger partial charge in [-0.1, -0.05) is 0 Å². The van der Waals surface area contributed by atoms with Crippen LogP contribution in [-0.2, 0) is 14.3 Å². The number of likely N-dealkylation sites (tertiary alicyclic amines) is 1. The van der Waals surface area contributed by atoms with E-state index in [4.69, 9.17) is 9.47 Å². The first-order chi connectivity index (χ1) is 10.1. The van der Waals surface area contributed by atoms with Gasteiger partial charge < -0.3 is 9.47 Å². The number of nitrogens with zero attached hydrogens (tertiary/aromatic N) is 2. The lowest BCUT2D eigenvalue weighted by Crippen LogP contribution is -2.45. The normalized spacial score (nSPS) is 18.0. The van der Waals surface area contributed by atoms with Crippen LogP contribution in [0.2, 0.25) is 0 Å². The van der Waals surface area contributed by atoms with Crippen molar-refractivity contribution < 1.29 is 19.1 Å². The predicted molar refractivity (Wildman–Crippen MR) is 77.9 cm³/mol. The van der Waals surface area contributed by atoms with E-state index < -0.39 is 0 Å². The second-order valence-electron chi connectivity index (χ2n) is 4.88. The Balaban J connectivity index is 2.18. The Bertz CT molecular complexity index is 515. The van der Waals surface area contributed by atoms with E-state index in [2.05, 4.69) is 0 Å². The molecule has 1 heterocycles. The lowest BCUT2D eigenvalue weighted by Gasteiger charge is -2.30. The largest absolute Gasteiger partial charge is 0.497 e. The highest BCUT2D eigenvalue weighted by Crippen LogP contribution is 2.24. The number of amides is 2. The average molecular weight is 292 g/mol. The highest BCUT2D eigenvalue weighted by atomic mass is 16.5. The lowest BCUT2D eigenvalue weighted by molar-refractivity contribution is -0.135. The van der Waals surface area contributed by atoms with Crippen LogP contribution in [0.3, 0.4) is 0 Å². The van der Waals surface area contributed by atoms with E-state index in [1.807, 2.05) is 0 Å². The van der Waals surface area contributed by atoms with Gasteiger partial charge in [0.05, 0.1) is 7.11 Å². The van der Waals surface area contributed by atoms with Gasteiger partial charge in [-0.25, -0.2) is 0 Å². The third kappa shape index (κ3) is 3.33. The summed E-state index contributed by atoms with van der Waals surface area (Å²) in [5.41, 5.74) is 0.720. The van der Waals surface area contributed by atoms with E-state index in [1.165, 1.54) is 6.92 Å². The van der Waals surface area contributed by atoms with Crippen molar-refractivity contribution in [3.8, 4) is 5.75 Å². The van der Waals surface area contributed by atoms with Gasteiger partial charge in [-0.15, -0.1) is 0 Å². The van der Waals surface area contributed by atoms with E-state index in [0.29, 0.717) is 18.6 Å². The van der Waals surface area contributed by atoms with Crippen molar-refractivity contribution in [1.82, 2.24) is 4.90 Å². The Morgan fingerprint density at radius 3 is 2.52 bits per heavy atom. The summed E-state index contributed by atoms with van der Waals surface area (Å²) in [6.07, 6.45) is 0.842. The molecule has 1 aromatic rings. The number of methoxy groups -OCH3 is 2. The molecule has 2 rings (SSSR count). The molecule has 1 saturated heterocycles. The maximum Gasteiger partial charge on any atom is 0.226 e. The number of rotatable bonds is 5. The van der Waals surface area contributed by atoms with Gasteiger partial charge in [0, 0.05) is 32.6 Å². The number of hydrogen-bond acceptors (Lipinski definition) is 4. The summed E-state index contributed by atoms with van der Waals surface area (Å²) in [5.74, 6) is 0.589. The number of benzene rings is 1. The summed E-state index contributed by atoms with van der Waals surface area (Å²) in [6, 6.07) is 7.15. The standard InChI is InChI=1S/C15H20N2O4/c1-11(18)16(12-4-6-13(20-2)7-5-12)10-17-14(19)8-9-15(17)21-3/h4-7,15H,8-10H2,1-3H3/t15-/m1/s1. The smallest absolute Gasteiger partial charge is 0.226 e. The minimum absolute atomic E-state index is 0.00149. The molecular weight excluding hydrogens is 272 g/mol. The third-order valence-corrected chi connectivity index (χ3v) is 3.60. The van der Waals surface area contributed by atoms with Gasteiger partial charge in [0.15, 0.2) is 0 Å². The Kier molecular flexibility index (Phi) is 4.80. The van der Waals surface area contributed by atoms with Gasteiger partial charge in [0.1, 0.15) is 18.6 Å². The van der Waals surface area contributed by atoms with Gasteiger partial charge in [-0.05, 0) is 24.3 Å². The van der Waals surface area contributed by atoms with Crippen molar-refractivity contribution in [3.63, 3.8) is 0 Å². The van der Waals surface area contributed by atoms with E-state index in [-0.39, 0.29) is 24.7 Å². The second-order valence-corrected chi connectivity index (χ2v) is 4.88. The molecule has 1 aliphatic heterocycles. The molecule has 0 unspecified atom stereocenters. The molecule has 0 spiro atoms. The number of anilines is 1. The maximum atomic E-state index is 11.9. The number of hydrogen-bond donors (Lipinski definition) is 0. The second kappa shape index (κ2) is 6.58. The minimum atomic E-state index is -0.266. The first-order valence-corrected chi connectivity index (χ1v) is 6.81. The van der Waals surface area contributed by atoms with Crippen molar-refractivity contribution in [3.05, 3.63) is 24.3 Å². The fraction of sp³-hybridized carbons (Fsp3) is 0.467. The highest BCUT2D eigenvalue weighted by molar-refractivity contribution is 5.92. The molecule has 114 valence electrons. The molecule has 0 saturated carbocycles. The maximum absolute atomic E-state index is 11.9. The Morgan fingerprint density at radius 2 is 2.00 bits per heavy atom. The van der Waals surface area contributed by atoms with E-state index in [0.717, 1.165) is 5.69 Å². The molecule has 1 aromatic carbocycles. The molecule has 21 heavy (non-hydrogen) atoms. The highest BCUT2D eigenvalue weighted by Gasteiger charge is 2.32. The molecule has 0 bridgehead atoms. The molecular formula is C15H20N2O4. The van der Waals surface area contributed by atoms with Crippen molar-refractivity contribution in [2.24, 2.45) is 0 Å². The van der Waals surface area contributed by atoms with Crippen molar-refractivity contribution >= 4 is 17.5 Å². The van der Waals surface area contributed by atoms with Gasteiger partial charge in [-0.2, -0.15) is 0 Å². The summed E-state index contributed by atoms with van der Waals surface area (Å²) in [5, 5.41) is 0. The van der Waals surface area contributed by atoms with E-state index in [9.17, 15) is 9.59 Å². The van der Waals surface area contributed by atoms with Crippen LogP contribution in [0.4, 0.5) is 5.69 Å². The molecule has 6 heteroatoms. The van der Waals surface area contributed by atoms with Gasteiger partial charge in [0.2, 0.25) is 11.8 Å². The molecule has 6 nitrogen and oxygen atoms in total. The molecule has 1 aliphatic rings. The van der Waals surface area contributed by atoms with Crippen LogP contribution in [0.5, 0.6) is 5.75 Å². The molecule has 1 fully saturated rings. The number of carbonyl (C=O) groups excluding carboxylic acids is 2. The molecule has 0 aliphatic carbocycles. The van der Waals surface area contributed by atoms with Crippen LogP contribution in [0.15, 0.2) is 24.3 Å². The molecule has 1 atom stereocenters. The molecule has 0 N–H and O–H groups in total. The predicted octanol–water partition coefficient (Wildman–Crippen LogP) is 1.60. The number of carbonyl (C=O) groups is 2. The van der Waals surface area contributed by atoms with Crippen LogP contribution >= 0.6 is 0 Å². The monoisotopic (exact) mass is 292 g/mol. The summed E-state index contributed by atoms with van der Waals surface area (Å²) < 4.78 is 10.4. The molecule has 2 amide bonds. The first kappa shape index (κ1) is 15.3. The van der Waals surface area contributed by atoms with Crippen LogP contribution in [0, 0.1) is 0 Å². The zero-order valence-electron chi connectivity index (χ0n) is 12.5. The quantitative estimate of drug-likeness (QED) is 0.827. The summed E-state index contributed by atoms with van der Waals surface area (Å²) in [7, 11) is 3.16. The summed E-state index contributed by atoms with van der Waals surface area (Å²) in [6.45, 7) is 1.67. The zero-order chi connectivity index (χ0) is 15.4. The van der Waals surface area contributed by atoms with Crippen LogP contribution in [-0.4, -0.2) is 43.8 Å².